The lowest BCUT2D eigenvalue weighted by Gasteiger charge is -2.21. The molecule has 0 aliphatic carbocycles. The van der Waals surface area contributed by atoms with Crippen LogP contribution in [0.3, 0.4) is 0 Å². The van der Waals surface area contributed by atoms with Crippen LogP contribution in [0.1, 0.15) is 45.0 Å². The van der Waals surface area contributed by atoms with E-state index in [4.69, 9.17) is 11.5 Å². The zero-order valence-corrected chi connectivity index (χ0v) is 12.8. The first kappa shape index (κ1) is 14.8. The van der Waals surface area contributed by atoms with Crippen LogP contribution in [0.15, 0.2) is 30.3 Å². The van der Waals surface area contributed by atoms with Gasteiger partial charge in [-0.25, -0.2) is 0 Å². The van der Waals surface area contributed by atoms with Gasteiger partial charge in [0, 0.05) is 6.54 Å². The minimum atomic E-state index is -0.0829. The predicted molar refractivity (Wildman–Crippen MR) is 85.8 cm³/mol. The molecule has 0 spiro atoms. The minimum Gasteiger partial charge on any atom is -0.326 e. The summed E-state index contributed by atoms with van der Waals surface area (Å²) in [6.45, 7) is 9.18. The first-order valence-corrected chi connectivity index (χ1v) is 7.07. The largest absolute Gasteiger partial charge is 0.326 e. The molecule has 106 valence electrons. The molecule has 0 amide bonds. The van der Waals surface area contributed by atoms with Crippen LogP contribution < -0.4 is 11.5 Å². The van der Waals surface area contributed by atoms with E-state index < -0.39 is 0 Å². The molecule has 0 heterocycles. The van der Waals surface area contributed by atoms with Crippen molar-refractivity contribution in [2.24, 2.45) is 11.5 Å². The van der Waals surface area contributed by atoms with Crippen LogP contribution in [0, 0.1) is 27.7 Å². The number of nitrogens with two attached hydrogens (primary N) is 2. The molecule has 2 aromatic rings. The van der Waals surface area contributed by atoms with Gasteiger partial charge in [-0.2, -0.15) is 0 Å². The Labute approximate surface area is 121 Å². The molecule has 0 bridgehead atoms. The summed E-state index contributed by atoms with van der Waals surface area (Å²) in [7, 11) is 0. The van der Waals surface area contributed by atoms with Gasteiger partial charge in [0.2, 0.25) is 0 Å². The van der Waals surface area contributed by atoms with Crippen molar-refractivity contribution in [3.8, 4) is 0 Å². The van der Waals surface area contributed by atoms with Crippen LogP contribution in [0.5, 0.6) is 0 Å². The molecule has 2 heteroatoms. The van der Waals surface area contributed by atoms with Gasteiger partial charge >= 0.3 is 0 Å². The van der Waals surface area contributed by atoms with Gasteiger partial charge in [0.1, 0.15) is 0 Å². The molecular formula is C18H24N2. The fraction of sp³-hybridized carbons (Fsp3) is 0.333. The highest BCUT2D eigenvalue weighted by Gasteiger charge is 2.16. The lowest BCUT2D eigenvalue weighted by Crippen LogP contribution is -2.16. The fourth-order valence-electron chi connectivity index (χ4n) is 2.74. The highest BCUT2D eigenvalue weighted by molar-refractivity contribution is 5.48. The van der Waals surface area contributed by atoms with Crippen molar-refractivity contribution < 1.29 is 0 Å². The average molecular weight is 268 g/mol. The molecule has 2 nitrogen and oxygen atoms in total. The van der Waals surface area contributed by atoms with E-state index in [0.29, 0.717) is 6.54 Å². The molecular weight excluding hydrogens is 244 g/mol. The second-order valence-electron chi connectivity index (χ2n) is 5.60. The van der Waals surface area contributed by atoms with Crippen molar-refractivity contribution in [1.82, 2.24) is 0 Å². The Bertz CT molecular complexity index is 586. The topological polar surface area (TPSA) is 52.0 Å². The third kappa shape index (κ3) is 2.62. The lowest BCUT2D eigenvalue weighted by atomic mass is 9.87. The van der Waals surface area contributed by atoms with E-state index in [2.05, 4.69) is 58.0 Å². The summed E-state index contributed by atoms with van der Waals surface area (Å²) in [5, 5.41) is 0. The Kier molecular flexibility index (Phi) is 4.26. The second kappa shape index (κ2) is 5.78. The standard InChI is InChI=1S/C18H24N2/c1-11-9-12(2)14(4)17(13(11)3)18(20)16-7-5-15(10-19)6-8-16/h5-9,18H,10,19-20H2,1-4H3. The van der Waals surface area contributed by atoms with Crippen molar-refractivity contribution in [1.29, 1.82) is 0 Å². The van der Waals surface area contributed by atoms with E-state index in [0.717, 1.165) is 11.1 Å². The van der Waals surface area contributed by atoms with Crippen LogP contribution >= 0.6 is 0 Å². The molecule has 0 saturated carbocycles. The van der Waals surface area contributed by atoms with Crippen molar-refractivity contribution in [2.75, 3.05) is 0 Å². The zero-order valence-electron chi connectivity index (χ0n) is 12.8. The Balaban J connectivity index is 2.49. The number of hydrogen-bond donors (Lipinski definition) is 2. The first-order valence-electron chi connectivity index (χ1n) is 7.07. The monoisotopic (exact) mass is 268 g/mol. The van der Waals surface area contributed by atoms with Crippen molar-refractivity contribution >= 4 is 0 Å². The molecule has 20 heavy (non-hydrogen) atoms. The summed E-state index contributed by atoms with van der Waals surface area (Å²) in [6.07, 6.45) is 0. The van der Waals surface area contributed by atoms with Crippen LogP contribution in [0.2, 0.25) is 0 Å². The van der Waals surface area contributed by atoms with E-state index in [1.165, 1.54) is 27.8 Å². The molecule has 1 atom stereocenters. The Morgan fingerprint density at radius 3 is 1.85 bits per heavy atom. The van der Waals surface area contributed by atoms with Crippen LogP contribution in [0.25, 0.3) is 0 Å². The van der Waals surface area contributed by atoms with E-state index in [-0.39, 0.29) is 6.04 Å². The van der Waals surface area contributed by atoms with E-state index >= 15 is 0 Å². The maximum absolute atomic E-state index is 6.52. The third-order valence-electron chi connectivity index (χ3n) is 4.31. The van der Waals surface area contributed by atoms with Gasteiger partial charge in [0.05, 0.1) is 6.04 Å². The summed E-state index contributed by atoms with van der Waals surface area (Å²) < 4.78 is 0. The summed E-state index contributed by atoms with van der Waals surface area (Å²) in [5.41, 5.74) is 20.9. The van der Waals surface area contributed by atoms with Gasteiger partial charge in [-0.3, -0.25) is 0 Å². The summed E-state index contributed by atoms with van der Waals surface area (Å²) in [4.78, 5) is 0. The predicted octanol–water partition coefficient (Wildman–Crippen LogP) is 3.43. The number of hydrogen-bond acceptors (Lipinski definition) is 2. The maximum Gasteiger partial charge on any atom is 0.0557 e. The second-order valence-corrected chi connectivity index (χ2v) is 5.60. The van der Waals surface area contributed by atoms with Gasteiger partial charge < -0.3 is 11.5 Å². The Morgan fingerprint density at radius 2 is 1.40 bits per heavy atom. The van der Waals surface area contributed by atoms with Gasteiger partial charge in [0.15, 0.2) is 0 Å². The molecule has 1 unspecified atom stereocenters. The van der Waals surface area contributed by atoms with Crippen LogP contribution in [-0.4, -0.2) is 0 Å². The SMILES string of the molecule is Cc1cc(C)c(C)c(C(N)c2ccc(CN)cc2)c1C. The van der Waals surface area contributed by atoms with E-state index in [1.54, 1.807) is 0 Å². The average Bonchev–Trinajstić information content (AvgIpc) is 2.45. The first-order chi connectivity index (χ1) is 9.45. The fourth-order valence-corrected chi connectivity index (χ4v) is 2.74. The molecule has 0 saturated heterocycles. The Hall–Kier alpha value is -1.64. The highest BCUT2D eigenvalue weighted by Crippen LogP contribution is 2.30. The lowest BCUT2D eigenvalue weighted by molar-refractivity contribution is 0.843. The molecule has 0 radical (unpaired) electrons. The van der Waals surface area contributed by atoms with Crippen molar-refractivity contribution in [2.45, 2.75) is 40.3 Å². The van der Waals surface area contributed by atoms with Gasteiger partial charge in [0.25, 0.3) is 0 Å². The smallest absolute Gasteiger partial charge is 0.0557 e. The summed E-state index contributed by atoms with van der Waals surface area (Å²) >= 11 is 0. The maximum atomic E-state index is 6.52. The summed E-state index contributed by atoms with van der Waals surface area (Å²) in [5.74, 6) is 0. The molecule has 2 aromatic carbocycles. The highest BCUT2D eigenvalue weighted by atomic mass is 14.6. The quantitative estimate of drug-likeness (QED) is 0.896. The molecule has 0 fully saturated rings. The minimum absolute atomic E-state index is 0.0829. The number of rotatable bonds is 3. The van der Waals surface area contributed by atoms with Gasteiger partial charge in [-0.15, -0.1) is 0 Å². The molecule has 0 aliphatic heterocycles. The molecule has 0 aromatic heterocycles. The molecule has 2 rings (SSSR count). The van der Waals surface area contributed by atoms with E-state index in [1.807, 2.05) is 0 Å². The van der Waals surface area contributed by atoms with Crippen LogP contribution in [-0.2, 0) is 6.54 Å². The van der Waals surface area contributed by atoms with Gasteiger partial charge in [-0.05, 0) is 66.6 Å². The normalized spacial score (nSPS) is 12.5. The van der Waals surface area contributed by atoms with Gasteiger partial charge in [-0.1, -0.05) is 30.3 Å². The summed E-state index contributed by atoms with van der Waals surface area (Å²) in [6, 6.07) is 10.4. The molecule has 4 N–H and O–H groups in total. The molecule has 0 aliphatic rings. The number of aryl methyl sites for hydroxylation is 2. The van der Waals surface area contributed by atoms with E-state index in [9.17, 15) is 0 Å². The van der Waals surface area contributed by atoms with Crippen molar-refractivity contribution in [3.63, 3.8) is 0 Å². The van der Waals surface area contributed by atoms with Crippen molar-refractivity contribution in [3.05, 3.63) is 69.3 Å². The third-order valence-corrected chi connectivity index (χ3v) is 4.31. The number of benzene rings is 2. The Morgan fingerprint density at radius 1 is 0.900 bits per heavy atom. The van der Waals surface area contributed by atoms with Crippen LogP contribution in [0.4, 0.5) is 0 Å². The zero-order chi connectivity index (χ0) is 14.9.